The number of esters is 1. The Morgan fingerprint density at radius 3 is 2.68 bits per heavy atom. The van der Waals surface area contributed by atoms with E-state index in [2.05, 4.69) is 9.97 Å². The molecule has 38 heavy (non-hydrogen) atoms. The topological polar surface area (TPSA) is 84.4 Å². The van der Waals surface area contributed by atoms with Crippen LogP contribution in [0.2, 0.25) is 5.02 Å². The molecule has 200 valence electrons. The van der Waals surface area contributed by atoms with Crippen LogP contribution in [0, 0.1) is 11.8 Å². The number of carbonyl (C=O) groups is 1. The van der Waals surface area contributed by atoms with E-state index in [-0.39, 0.29) is 11.7 Å². The standard InChI is InChI=1S/C31H35ClN2O4/c1-19(29-33-24-8-4-5-9-25(24)34-29)28-26(35)17-31(38-30(28)36,22-6-2-3-7-22)15-14-20-12-13-27(23(32)16-20)37-18-21-10-11-21/h4-5,8-9,12-13,16,19,21-22,35H,2-3,6-7,10-11,14-15,17-18H2,1H3,(H,33,34). The number of rotatable bonds is 9. The first-order chi connectivity index (χ1) is 18.4. The van der Waals surface area contributed by atoms with E-state index in [9.17, 15) is 9.90 Å². The molecule has 1 aromatic heterocycles. The maximum absolute atomic E-state index is 13.5. The third-order valence-corrected chi connectivity index (χ3v) is 8.94. The van der Waals surface area contributed by atoms with E-state index in [1.807, 2.05) is 49.4 Å². The van der Waals surface area contributed by atoms with Crippen LogP contribution in [0.25, 0.3) is 11.0 Å². The molecule has 6 rings (SSSR count). The van der Waals surface area contributed by atoms with Crippen LogP contribution in [0.15, 0.2) is 53.8 Å². The van der Waals surface area contributed by atoms with E-state index in [1.54, 1.807) is 0 Å². The molecule has 2 fully saturated rings. The quantitative estimate of drug-likeness (QED) is 0.279. The van der Waals surface area contributed by atoms with Gasteiger partial charge in [0, 0.05) is 12.3 Å². The highest BCUT2D eigenvalue weighted by Gasteiger charge is 2.49. The summed E-state index contributed by atoms with van der Waals surface area (Å²) >= 11 is 6.54. The number of aromatic amines is 1. The summed E-state index contributed by atoms with van der Waals surface area (Å²) in [5.74, 6) is 1.56. The molecule has 0 saturated heterocycles. The monoisotopic (exact) mass is 534 g/mol. The minimum Gasteiger partial charge on any atom is -0.512 e. The van der Waals surface area contributed by atoms with Crippen LogP contribution < -0.4 is 4.74 Å². The number of aryl methyl sites for hydroxylation is 1. The van der Waals surface area contributed by atoms with Crippen LogP contribution >= 0.6 is 11.6 Å². The third-order valence-electron chi connectivity index (χ3n) is 8.65. The van der Waals surface area contributed by atoms with Crippen LogP contribution in [0.5, 0.6) is 5.75 Å². The highest BCUT2D eigenvalue weighted by molar-refractivity contribution is 6.32. The lowest BCUT2D eigenvalue weighted by molar-refractivity contribution is -0.167. The number of nitrogens with one attached hydrogen (secondary N) is 1. The summed E-state index contributed by atoms with van der Waals surface area (Å²) in [7, 11) is 0. The Hall–Kier alpha value is -2.99. The van der Waals surface area contributed by atoms with Gasteiger partial charge in [-0.1, -0.05) is 49.6 Å². The molecule has 7 heteroatoms. The Labute approximate surface area is 228 Å². The van der Waals surface area contributed by atoms with Crippen LogP contribution in [0.3, 0.4) is 0 Å². The first-order valence-electron chi connectivity index (χ1n) is 13.9. The maximum Gasteiger partial charge on any atom is 0.338 e. The van der Waals surface area contributed by atoms with Gasteiger partial charge in [0.05, 0.1) is 28.2 Å². The fourth-order valence-corrected chi connectivity index (χ4v) is 6.46. The molecule has 2 N–H and O–H groups in total. The fraction of sp³-hybridized carbons (Fsp3) is 0.484. The number of ether oxygens (including phenoxy) is 2. The van der Waals surface area contributed by atoms with E-state index in [1.165, 1.54) is 12.8 Å². The lowest BCUT2D eigenvalue weighted by Crippen LogP contribution is -2.46. The highest BCUT2D eigenvalue weighted by Crippen LogP contribution is 2.47. The molecule has 2 aromatic carbocycles. The maximum atomic E-state index is 13.5. The van der Waals surface area contributed by atoms with Crippen molar-refractivity contribution in [3.05, 3.63) is 70.2 Å². The van der Waals surface area contributed by atoms with Gasteiger partial charge in [-0.15, -0.1) is 0 Å². The van der Waals surface area contributed by atoms with Gasteiger partial charge in [-0.2, -0.15) is 0 Å². The molecular formula is C31H35ClN2O4. The first-order valence-corrected chi connectivity index (χ1v) is 14.3. The summed E-state index contributed by atoms with van der Waals surface area (Å²) in [5, 5.41) is 11.9. The van der Waals surface area contributed by atoms with Gasteiger partial charge in [-0.05, 0) is 80.2 Å². The van der Waals surface area contributed by atoms with Crippen LogP contribution in [-0.2, 0) is 16.0 Å². The Balaban J connectivity index is 1.22. The highest BCUT2D eigenvalue weighted by atomic mass is 35.5. The van der Waals surface area contributed by atoms with Crippen LogP contribution in [-0.4, -0.2) is 33.3 Å². The molecule has 0 amide bonds. The molecule has 6 nitrogen and oxygen atoms in total. The zero-order valence-corrected chi connectivity index (χ0v) is 22.6. The van der Waals surface area contributed by atoms with E-state index in [0.717, 1.165) is 54.6 Å². The molecular weight excluding hydrogens is 500 g/mol. The summed E-state index contributed by atoms with van der Waals surface area (Å²) in [6.07, 6.45) is 8.39. The van der Waals surface area contributed by atoms with Gasteiger partial charge in [0.2, 0.25) is 0 Å². The van der Waals surface area contributed by atoms with Crippen molar-refractivity contribution in [1.82, 2.24) is 9.97 Å². The molecule has 1 aliphatic heterocycles. The lowest BCUT2D eigenvalue weighted by atomic mass is 9.75. The van der Waals surface area contributed by atoms with Gasteiger partial charge >= 0.3 is 5.97 Å². The average molecular weight is 535 g/mol. The van der Waals surface area contributed by atoms with Gasteiger partial charge in [-0.25, -0.2) is 9.78 Å². The predicted molar refractivity (Wildman–Crippen MR) is 148 cm³/mol. The Morgan fingerprint density at radius 2 is 1.97 bits per heavy atom. The number of hydrogen-bond acceptors (Lipinski definition) is 5. The van der Waals surface area contributed by atoms with Crippen molar-refractivity contribution >= 4 is 28.6 Å². The average Bonchev–Trinajstić information content (AvgIpc) is 3.37. The molecule has 2 aliphatic carbocycles. The minimum absolute atomic E-state index is 0.128. The van der Waals surface area contributed by atoms with Crippen molar-refractivity contribution in [2.45, 2.75) is 76.2 Å². The number of aliphatic hydroxyl groups is 1. The fourth-order valence-electron chi connectivity index (χ4n) is 6.20. The number of benzene rings is 2. The number of cyclic esters (lactones) is 1. The molecule has 2 saturated carbocycles. The number of H-pyrrole nitrogens is 1. The number of nitrogens with zero attached hydrogens (tertiary/aromatic N) is 1. The van der Waals surface area contributed by atoms with Crippen molar-refractivity contribution in [3.8, 4) is 5.75 Å². The zero-order valence-electron chi connectivity index (χ0n) is 21.8. The second-order valence-corrected chi connectivity index (χ2v) is 11.8. The Morgan fingerprint density at radius 1 is 1.18 bits per heavy atom. The van der Waals surface area contributed by atoms with E-state index < -0.39 is 17.5 Å². The van der Waals surface area contributed by atoms with Gasteiger partial charge in [0.1, 0.15) is 22.9 Å². The third kappa shape index (κ3) is 5.03. The molecule has 2 heterocycles. The normalized spacial score (nSPS) is 23.2. The van der Waals surface area contributed by atoms with Gasteiger partial charge < -0.3 is 19.6 Å². The summed E-state index contributed by atoms with van der Waals surface area (Å²) in [6, 6.07) is 13.7. The smallest absolute Gasteiger partial charge is 0.338 e. The van der Waals surface area contributed by atoms with Crippen LogP contribution in [0.1, 0.15) is 75.6 Å². The van der Waals surface area contributed by atoms with Crippen LogP contribution in [0.4, 0.5) is 0 Å². The van der Waals surface area contributed by atoms with Crippen molar-refractivity contribution < 1.29 is 19.4 Å². The minimum atomic E-state index is -0.720. The summed E-state index contributed by atoms with van der Waals surface area (Å²) in [6.45, 7) is 2.61. The van der Waals surface area contributed by atoms with E-state index in [4.69, 9.17) is 21.1 Å². The SMILES string of the molecule is CC(C1=C(O)CC(CCc2ccc(OCC3CC3)c(Cl)c2)(C2CCCC2)OC1=O)c1nc2ccccc2[nH]1. The van der Waals surface area contributed by atoms with Gasteiger partial charge in [-0.3, -0.25) is 0 Å². The number of para-hydroxylation sites is 2. The summed E-state index contributed by atoms with van der Waals surface area (Å²) in [5.41, 5.74) is 2.40. The van der Waals surface area contributed by atoms with Crippen molar-refractivity contribution in [2.75, 3.05) is 6.61 Å². The van der Waals surface area contributed by atoms with Crippen molar-refractivity contribution in [1.29, 1.82) is 0 Å². The number of fused-ring (bicyclic) bond motifs is 1. The number of aromatic nitrogens is 2. The number of hydrogen-bond donors (Lipinski definition) is 2. The van der Waals surface area contributed by atoms with Gasteiger partial charge in [0.25, 0.3) is 0 Å². The van der Waals surface area contributed by atoms with Crippen molar-refractivity contribution in [2.24, 2.45) is 11.8 Å². The molecule has 3 aliphatic rings. The number of aliphatic hydroxyl groups excluding tert-OH is 1. The molecule has 0 radical (unpaired) electrons. The Bertz CT molecular complexity index is 1340. The molecule has 0 spiro atoms. The lowest BCUT2D eigenvalue weighted by Gasteiger charge is -2.42. The first kappa shape index (κ1) is 25.3. The van der Waals surface area contributed by atoms with Gasteiger partial charge in [0.15, 0.2) is 0 Å². The van der Waals surface area contributed by atoms with Crippen molar-refractivity contribution in [3.63, 3.8) is 0 Å². The molecule has 2 atom stereocenters. The largest absolute Gasteiger partial charge is 0.512 e. The number of halogens is 1. The summed E-state index contributed by atoms with van der Waals surface area (Å²) < 4.78 is 12.2. The number of imidazole rings is 1. The summed E-state index contributed by atoms with van der Waals surface area (Å²) in [4.78, 5) is 21.5. The van der Waals surface area contributed by atoms with E-state index in [0.29, 0.717) is 41.6 Å². The Kier molecular flexibility index (Phi) is 6.85. The molecule has 3 aromatic rings. The number of carbonyl (C=O) groups excluding carboxylic acids is 1. The predicted octanol–water partition coefficient (Wildman–Crippen LogP) is 7.43. The second kappa shape index (κ2) is 10.3. The second-order valence-electron chi connectivity index (χ2n) is 11.4. The molecule has 0 bridgehead atoms. The van der Waals surface area contributed by atoms with E-state index >= 15 is 0 Å². The molecule has 2 unspecified atom stereocenters. The zero-order chi connectivity index (χ0) is 26.3.